The van der Waals surface area contributed by atoms with Gasteiger partial charge in [-0.2, -0.15) is 18.4 Å². The van der Waals surface area contributed by atoms with Crippen LogP contribution in [0.2, 0.25) is 5.02 Å². The minimum Gasteiger partial charge on any atom is -0.405 e. The summed E-state index contributed by atoms with van der Waals surface area (Å²) in [6.45, 7) is 0. The number of hydrogen-bond donors (Lipinski definition) is 1. The molecule has 1 rings (SSSR count). The third-order valence-corrected chi connectivity index (χ3v) is 2.52. The van der Waals surface area contributed by atoms with Gasteiger partial charge in [0.1, 0.15) is 0 Å². The minimum atomic E-state index is -4.53. The quantitative estimate of drug-likeness (QED) is 0.849. The van der Waals surface area contributed by atoms with E-state index >= 15 is 0 Å². The maximum absolute atomic E-state index is 12.9. The Balaban J connectivity index is 3.43. The molecule has 0 atom stereocenters. The Bertz CT molecular complexity index is 554. The summed E-state index contributed by atoms with van der Waals surface area (Å²) in [5.74, 6) is 0. The van der Waals surface area contributed by atoms with Gasteiger partial charge in [-0.25, -0.2) is 0 Å². The zero-order valence-corrected chi connectivity index (χ0v) is 10.5. The number of hydrogen-bond acceptors (Lipinski definition) is 2. The molecule has 0 unspecified atom stereocenters. The van der Waals surface area contributed by atoms with Crippen LogP contribution < -0.4 is 5.73 Å². The Kier molecular flexibility index (Phi) is 5.02. The predicted molar refractivity (Wildman–Crippen MR) is 68.0 cm³/mol. The highest BCUT2D eigenvalue weighted by atomic mass is 35.5. The van der Waals surface area contributed by atoms with Crippen molar-refractivity contribution in [1.82, 2.24) is 0 Å². The largest absolute Gasteiger partial charge is 0.417 e. The lowest BCUT2D eigenvalue weighted by Gasteiger charge is -2.14. The molecule has 0 fully saturated rings. The lowest BCUT2D eigenvalue weighted by molar-refractivity contribution is -0.137. The van der Waals surface area contributed by atoms with Crippen LogP contribution in [-0.2, 0) is 6.18 Å². The van der Waals surface area contributed by atoms with E-state index in [1.807, 2.05) is 6.07 Å². The summed E-state index contributed by atoms with van der Waals surface area (Å²) in [4.78, 5) is 0. The van der Waals surface area contributed by atoms with Gasteiger partial charge >= 0.3 is 6.18 Å². The van der Waals surface area contributed by atoms with Crippen molar-refractivity contribution >= 4 is 17.2 Å². The fourth-order valence-electron chi connectivity index (χ4n) is 1.53. The molecule has 2 nitrogen and oxygen atoms in total. The molecule has 19 heavy (non-hydrogen) atoms. The zero-order chi connectivity index (χ0) is 14.5. The second-order valence-corrected chi connectivity index (χ2v) is 4.00. The zero-order valence-electron chi connectivity index (χ0n) is 9.71. The SMILES string of the molecule is N#CC/C=C(\C=C/N)c1ccc(Cl)cc1C(F)(F)F. The lowest BCUT2D eigenvalue weighted by atomic mass is 9.98. The number of halogens is 4. The lowest BCUT2D eigenvalue weighted by Crippen LogP contribution is -2.08. The number of nitriles is 1. The highest BCUT2D eigenvalue weighted by Gasteiger charge is 2.34. The summed E-state index contributed by atoms with van der Waals surface area (Å²) >= 11 is 5.59. The number of alkyl halides is 3. The molecule has 0 saturated heterocycles. The molecule has 0 aromatic heterocycles. The van der Waals surface area contributed by atoms with Gasteiger partial charge in [0.15, 0.2) is 0 Å². The Labute approximate surface area is 113 Å². The molecule has 0 bridgehead atoms. The first kappa shape index (κ1) is 15.1. The number of benzene rings is 1. The first-order valence-electron chi connectivity index (χ1n) is 5.22. The summed E-state index contributed by atoms with van der Waals surface area (Å²) < 4.78 is 38.8. The van der Waals surface area contributed by atoms with E-state index in [0.29, 0.717) is 0 Å². The summed E-state index contributed by atoms with van der Waals surface area (Å²) in [7, 11) is 0. The van der Waals surface area contributed by atoms with Gasteiger partial charge in [0.25, 0.3) is 0 Å². The molecule has 0 aliphatic heterocycles. The molecular formula is C13H10ClF3N2. The summed E-state index contributed by atoms with van der Waals surface area (Å²) in [5, 5.41) is 8.50. The van der Waals surface area contributed by atoms with Crippen molar-refractivity contribution in [2.24, 2.45) is 5.73 Å². The van der Waals surface area contributed by atoms with Crippen LogP contribution >= 0.6 is 11.6 Å². The van der Waals surface area contributed by atoms with Crippen LogP contribution in [0.25, 0.3) is 5.57 Å². The maximum atomic E-state index is 12.9. The molecule has 0 aliphatic rings. The summed E-state index contributed by atoms with van der Waals surface area (Å²) in [6.07, 6.45) is -0.733. The van der Waals surface area contributed by atoms with E-state index in [4.69, 9.17) is 22.6 Å². The highest BCUT2D eigenvalue weighted by Crippen LogP contribution is 2.37. The van der Waals surface area contributed by atoms with Crippen molar-refractivity contribution in [3.63, 3.8) is 0 Å². The van der Waals surface area contributed by atoms with Crippen molar-refractivity contribution in [3.05, 3.63) is 52.7 Å². The monoisotopic (exact) mass is 286 g/mol. The summed E-state index contributed by atoms with van der Waals surface area (Å²) in [5.41, 5.74) is 4.53. The Hall–Kier alpha value is -1.93. The highest BCUT2D eigenvalue weighted by molar-refractivity contribution is 6.30. The second kappa shape index (κ2) is 6.30. The number of nitrogens with two attached hydrogens (primary N) is 1. The first-order valence-corrected chi connectivity index (χ1v) is 5.60. The fourth-order valence-corrected chi connectivity index (χ4v) is 1.70. The van der Waals surface area contributed by atoms with Crippen LogP contribution in [0.4, 0.5) is 13.2 Å². The van der Waals surface area contributed by atoms with Gasteiger partial charge in [-0.1, -0.05) is 23.7 Å². The number of allylic oxidation sites excluding steroid dienone is 3. The Morgan fingerprint density at radius 3 is 2.63 bits per heavy atom. The van der Waals surface area contributed by atoms with E-state index < -0.39 is 11.7 Å². The average molecular weight is 287 g/mol. The van der Waals surface area contributed by atoms with Gasteiger partial charge in [0, 0.05) is 5.02 Å². The van der Waals surface area contributed by atoms with E-state index in [2.05, 4.69) is 0 Å². The molecule has 1 aromatic rings. The molecule has 2 N–H and O–H groups in total. The molecule has 0 amide bonds. The first-order chi connectivity index (χ1) is 8.90. The third kappa shape index (κ3) is 4.04. The van der Waals surface area contributed by atoms with Crippen LogP contribution in [0.1, 0.15) is 17.5 Å². The van der Waals surface area contributed by atoms with Crippen molar-refractivity contribution in [2.75, 3.05) is 0 Å². The third-order valence-electron chi connectivity index (χ3n) is 2.29. The number of rotatable bonds is 3. The maximum Gasteiger partial charge on any atom is 0.417 e. The van der Waals surface area contributed by atoms with Crippen molar-refractivity contribution in [2.45, 2.75) is 12.6 Å². The smallest absolute Gasteiger partial charge is 0.405 e. The van der Waals surface area contributed by atoms with Crippen LogP contribution in [0.3, 0.4) is 0 Å². The standard InChI is InChI=1S/C13H10ClF3N2/c14-10-3-4-11(12(8-10)13(15,16)17)9(5-7-19)2-1-6-18/h2-5,7-8H,1,19H2/b7-5-,9-2+. The van der Waals surface area contributed by atoms with Crippen LogP contribution in [0, 0.1) is 11.3 Å². The molecule has 0 spiro atoms. The molecule has 100 valence electrons. The molecule has 6 heteroatoms. The van der Waals surface area contributed by atoms with Crippen molar-refractivity contribution in [1.29, 1.82) is 5.26 Å². The topological polar surface area (TPSA) is 49.8 Å². The van der Waals surface area contributed by atoms with Crippen LogP contribution in [0.5, 0.6) is 0 Å². The van der Waals surface area contributed by atoms with Gasteiger partial charge in [-0.15, -0.1) is 0 Å². The summed E-state index contributed by atoms with van der Waals surface area (Å²) in [6, 6.07) is 5.30. The van der Waals surface area contributed by atoms with Gasteiger partial charge in [0.2, 0.25) is 0 Å². The predicted octanol–water partition coefficient (Wildman–Crippen LogP) is 4.13. The van der Waals surface area contributed by atoms with Crippen LogP contribution in [-0.4, -0.2) is 0 Å². The molecule has 1 aromatic carbocycles. The molecule has 0 radical (unpaired) electrons. The van der Waals surface area contributed by atoms with Gasteiger partial charge in [0.05, 0.1) is 18.1 Å². The number of nitrogens with zero attached hydrogens (tertiary/aromatic N) is 1. The van der Waals surface area contributed by atoms with E-state index in [1.54, 1.807) is 0 Å². The van der Waals surface area contributed by atoms with Crippen molar-refractivity contribution < 1.29 is 13.2 Å². The van der Waals surface area contributed by atoms with E-state index in [0.717, 1.165) is 12.3 Å². The Morgan fingerprint density at radius 2 is 2.11 bits per heavy atom. The van der Waals surface area contributed by atoms with Gasteiger partial charge < -0.3 is 5.73 Å². The molecule has 0 aliphatic carbocycles. The van der Waals surface area contributed by atoms with Gasteiger partial charge in [-0.05, 0) is 35.5 Å². The molecule has 0 saturated carbocycles. The van der Waals surface area contributed by atoms with E-state index in [9.17, 15) is 13.2 Å². The van der Waals surface area contributed by atoms with E-state index in [1.165, 1.54) is 24.3 Å². The fraction of sp³-hybridized carbons (Fsp3) is 0.154. The van der Waals surface area contributed by atoms with Crippen molar-refractivity contribution in [3.8, 4) is 6.07 Å². The van der Waals surface area contributed by atoms with E-state index in [-0.39, 0.29) is 22.6 Å². The van der Waals surface area contributed by atoms with Gasteiger partial charge in [-0.3, -0.25) is 0 Å². The Morgan fingerprint density at radius 1 is 1.42 bits per heavy atom. The minimum absolute atomic E-state index is 0.00700. The second-order valence-electron chi connectivity index (χ2n) is 3.57. The molecular weight excluding hydrogens is 277 g/mol. The average Bonchev–Trinajstić information content (AvgIpc) is 2.33. The van der Waals surface area contributed by atoms with Crippen LogP contribution in [0.15, 0.2) is 36.6 Å². The normalized spacial score (nSPS) is 12.7. The molecule has 0 heterocycles.